The topological polar surface area (TPSA) is 66.4 Å². The lowest BCUT2D eigenvalue weighted by Gasteiger charge is -2.14. The maximum absolute atomic E-state index is 12.0. The minimum atomic E-state index is -1.03. The number of carboxylic acids is 1. The third-order valence-corrected chi connectivity index (χ3v) is 3.40. The van der Waals surface area contributed by atoms with Crippen molar-refractivity contribution in [3.8, 4) is 0 Å². The van der Waals surface area contributed by atoms with Crippen LogP contribution in [0.4, 0.5) is 0 Å². The molecule has 0 aliphatic carbocycles. The van der Waals surface area contributed by atoms with E-state index in [1.54, 1.807) is 0 Å². The highest BCUT2D eigenvalue weighted by Gasteiger charge is 2.20. The lowest BCUT2D eigenvalue weighted by molar-refractivity contribution is -0.141. The molecule has 1 atom stereocenters. The second-order valence-corrected chi connectivity index (χ2v) is 5.31. The van der Waals surface area contributed by atoms with E-state index in [4.69, 9.17) is 0 Å². The summed E-state index contributed by atoms with van der Waals surface area (Å²) >= 11 is 0. The van der Waals surface area contributed by atoms with Crippen LogP contribution in [0, 0.1) is 6.92 Å². The van der Waals surface area contributed by atoms with E-state index >= 15 is 0 Å². The Kier molecular flexibility index (Phi) is 5.31. The summed E-state index contributed by atoms with van der Waals surface area (Å²) in [6, 6.07) is 16.0. The average Bonchev–Trinajstić information content (AvgIpc) is 2.50. The molecule has 2 rings (SSSR count). The molecule has 0 heterocycles. The van der Waals surface area contributed by atoms with Crippen LogP contribution in [0.15, 0.2) is 54.6 Å². The highest BCUT2D eigenvalue weighted by molar-refractivity contribution is 5.85. The van der Waals surface area contributed by atoms with Crippen molar-refractivity contribution in [2.24, 2.45) is 0 Å². The fourth-order valence-corrected chi connectivity index (χ4v) is 2.19. The number of carboxylic acid groups (broad SMARTS) is 1. The molecule has 0 radical (unpaired) electrons. The molecule has 0 saturated heterocycles. The molecule has 0 aromatic heterocycles. The normalized spacial score (nSPS) is 11.7. The van der Waals surface area contributed by atoms with Gasteiger partial charge in [-0.2, -0.15) is 0 Å². The van der Waals surface area contributed by atoms with Crippen molar-refractivity contribution in [3.63, 3.8) is 0 Å². The van der Waals surface area contributed by atoms with Crippen LogP contribution in [0.25, 0.3) is 0 Å². The minimum Gasteiger partial charge on any atom is -0.480 e. The molecule has 1 unspecified atom stereocenters. The van der Waals surface area contributed by atoms with Crippen molar-refractivity contribution in [2.75, 3.05) is 0 Å². The zero-order valence-corrected chi connectivity index (χ0v) is 12.5. The summed E-state index contributed by atoms with van der Waals surface area (Å²) in [5.41, 5.74) is 2.87. The van der Waals surface area contributed by atoms with E-state index in [0.717, 1.165) is 16.7 Å². The first-order valence-electron chi connectivity index (χ1n) is 7.16. The van der Waals surface area contributed by atoms with Crippen molar-refractivity contribution in [1.82, 2.24) is 5.32 Å². The van der Waals surface area contributed by atoms with E-state index in [0.29, 0.717) is 0 Å². The molecule has 4 nitrogen and oxygen atoms in total. The number of hydrogen-bond donors (Lipinski definition) is 2. The highest BCUT2D eigenvalue weighted by atomic mass is 16.4. The van der Waals surface area contributed by atoms with E-state index in [-0.39, 0.29) is 18.7 Å². The molecule has 2 N–H and O–H groups in total. The van der Waals surface area contributed by atoms with Crippen LogP contribution in [-0.4, -0.2) is 23.0 Å². The maximum atomic E-state index is 12.0. The van der Waals surface area contributed by atoms with Crippen LogP contribution in [-0.2, 0) is 22.4 Å². The third-order valence-electron chi connectivity index (χ3n) is 3.40. The largest absolute Gasteiger partial charge is 0.480 e. The van der Waals surface area contributed by atoms with Crippen LogP contribution < -0.4 is 5.32 Å². The first kappa shape index (κ1) is 15.8. The second kappa shape index (κ2) is 7.41. The van der Waals surface area contributed by atoms with Gasteiger partial charge < -0.3 is 10.4 Å². The Hall–Kier alpha value is -2.62. The van der Waals surface area contributed by atoms with Crippen LogP contribution >= 0.6 is 0 Å². The predicted molar refractivity (Wildman–Crippen MR) is 84.6 cm³/mol. The van der Waals surface area contributed by atoms with Gasteiger partial charge in [-0.05, 0) is 18.1 Å². The first-order valence-corrected chi connectivity index (χ1v) is 7.16. The van der Waals surface area contributed by atoms with Gasteiger partial charge in [0.25, 0.3) is 0 Å². The summed E-state index contributed by atoms with van der Waals surface area (Å²) in [4.78, 5) is 23.3. The van der Waals surface area contributed by atoms with Gasteiger partial charge in [-0.1, -0.05) is 60.2 Å². The molecule has 1 amide bonds. The lowest BCUT2D eigenvalue weighted by atomic mass is 10.1. The van der Waals surface area contributed by atoms with Gasteiger partial charge in [0.2, 0.25) is 5.91 Å². The Labute approximate surface area is 129 Å². The van der Waals surface area contributed by atoms with Gasteiger partial charge in [-0.3, -0.25) is 4.79 Å². The van der Waals surface area contributed by atoms with Gasteiger partial charge in [-0.25, -0.2) is 4.79 Å². The van der Waals surface area contributed by atoms with Crippen molar-refractivity contribution < 1.29 is 14.7 Å². The van der Waals surface area contributed by atoms with Crippen LogP contribution in [0.5, 0.6) is 0 Å². The zero-order valence-electron chi connectivity index (χ0n) is 12.5. The van der Waals surface area contributed by atoms with Crippen molar-refractivity contribution >= 4 is 11.9 Å². The molecular formula is C18H19NO3. The fraction of sp³-hybridized carbons (Fsp3) is 0.222. The molecule has 0 bridgehead atoms. The molecule has 0 saturated carbocycles. The van der Waals surface area contributed by atoms with Gasteiger partial charge in [0.05, 0.1) is 6.42 Å². The van der Waals surface area contributed by atoms with E-state index in [1.165, 1.54) is 0 Å². The molecule has 0 aliphatic rings. The summed E-state index contributed by atoms with van der Waals surface area (Å²) in [6.07, 6.45) is 0.453. The Morgan fingerprint density at radius 1 is 1.00 bits per heavy atom. The summed E-state index contributed by atoms with van der Waals surface area (Å²) in [5, 5.41) is 11.9. The average molecular weight is 297 g/mol. The molecular weight excluding hydrogens is 278 g/mol. The minimum absolute atomic E-state index is 0.179. The van der Waals surface area contributed by atoms with Gasteiger partial charge in [0.1, 0.15) is 6.04 Å². The van der Waals surface area contributed by atoms with E-state index in [9.17, 15) is 14.7 Å². The molecule has 114 valence electrons. The van der Waals surface area contributed by atoms with Crippen LogP contribution in [0.2, 0.25) is 0 Å². The summed E-state index contributed by atoms with van der Waals surface area (Å²) in [7, 11) is 0. The van der Waals surface area contributed by atoms with Gasteiger partial charge in [-0.15, -0.1) is 0 Å². The number of aryl methyl sites for hydroxylation is 1. The third kappa shape index (κ3) is 4.74. The number of carbonyl (C=O) groups excluding carboxylic acids is 1. The smallest absolute Gasteiger partial charge is 0.326 e. The van der Waals surface area contributed by atoms with Gasteiger partial charge in [0.15, 0.2) is 0 Å². The van der Waals surface area contributed by atoms with E-state index in [2.05, 4.69) is 5.32 Å². The highest BCUT2D eigenvalue weighted by Crippen LogP contribution is 2.06. The van der Waals surface area contributed by atoms with E-state index in [1.807, 2.05) is 61.5 Å². The van der Waals surface area contributed by atoms with Crippen molar-refractivity contribution in [3.05, 3.63) is 71.3 Å². The molecule has 2 aromatic carbocycles. The quantitative estimate of drug-likeness (QED) is 0.860. The summed E-state index contributed by atoms with van der Waals surface area (Å²) in [5.74, 6) is -1.31. The second-order valence-electron chi connectivity index (χ2n) is 5.31. The van der Waals surface area contributed by atoms with Crippen molar-refractivity contribution in [2.45, 2.75) is 25.8 Å². The number of carbonyl (C=O) groups is 2. The SMILES string of the molecule is Cc1ccc(CC(=O)NC(Cc2ccccc2)C(=O)O)cc1. The standard InChI is InChI=1S/C18H19NO3/c1-13-7-9-15(10-8-13)12-17(20)19-16(18(21)22)11-14-5-3-2-4-6-14/h2-10,16H,11-12H2,1H3,(H,19,20)(H,21,22). The first-order chi connectivity index (χ1) is 10.5. The molecule has 4 heteroatoms. The summed E-state index contributed by atoms with van der Waals surface area (Å²) in [6.45, 7) is 1.98. The fourth-order valence-electron chi connectivity index (χ4n) is 2.19. The number of hydrogen-bond acceptors (Lipinski definition) is 2. The zero-order chi connectivity index (χ0) is 15.9. The Balaban J connectivity index is 1.97. The summed E-state index contributed by atoms with van der Waals surface area (Å²) < 4.78 is 0. The number of amides is 1. The Morgan fingerprint density at radius 2 is 1.64 bits per heavy atom. The molecule has 2 aromatic rings. The Morgan fingerprint density at radius 3 is 2.23 bits per heavy atom. The molecule has 22 heavy (non-hydrogen) atoms. The number of nitrogens with one attached hydrogen (secondary N) is 1. The number of aliphatic carboxylic acids is 1. The molecule has 0 aliphatic heterocycles. The van der Waals surface area contributed by atoms with Crippen LogP contribution in [0.3, 0.4) is 0 Å². The Bertz CT molecular complexity index is 635. The van der Waals surface area contributed by atoms with Gasteiger partial charge >= 0.3 is 5.97 Å². The maximum Gasteiger partial charge on any atom is 0.326 e. The van der Waals surface area contributed by atoms with Crippen molar-refractivity contribution in [1.29, 1.82) is 0 Å². The predicted octanol–water partition coefficient (Wildman–Crippen LogP) is 2.35. The van der Waals surface area contributed by atoms with Crippen LogP contribution in [0.1, 0.15) is 16.7 Å². The monoisotopic (exact) mass is 297 g/mol. The lowest BCUT2D eigenvalue weighted by Crippen LogP contribution is -2.43. The number of rotatable bonds is 6. The van der Waals surface area contributed by atoms with E-state index < -0.39 is 12.0 Å². The molecule has 0 fully saturated rings. The molecule has 0 spiro atoms. The number of benzene rings is 2. The van der Waals surface area contributed by atoms with Gasteiger partial charge in [0, 0.05) is 6.42 Å².